The van der Waals surface area contributed by atoms with E-state index < -0.39 is 5.60 Å². The van der Waals surface area contributed by atoms with Crippen molar-refractivity contribution in [1.29, 1.82) is 0 Å². The van der Waals surface area contributed by atoms with Gasteiger partial charge in [0.25, 0.3) is 0 Å². The molecule has 1 aliphatic carbocycles. The molecular formula is C17H26BrClN2O2S. The van der Waals surface area contributed by atoms with E-state index in [0.29, 0.717) is 6.04 Å². The molecule has 1 amide bonds. The van der Waals surface area contributed by atoms with Crippen LogP contribution in [0.4, 0.5) is 4.79 Å². The molecule has 1 aromatic heterocycles. The van der Waals surface area contributed by atoms with Crippen LogP contribution in [0.25, 0.3) is 0 Å². The predicted octanol–water partition coefficient (Wildman–Crippen LogP) is 5.43. The number of amides is 1. The van der Waals surface area contributed by atoms with Crippen molar-refractivity contribution >= 4 is 45.0 Å². The molecule has 0 unspecified atom stereocenters. The van der Waals surface area contributed by atoms with E-state index in [-0.39, 0.29) is 12.1 Å². The van der Waals surface area contributed by atoms with Gasteiger partial charge in [0, 0.05) is 35.0 Å². The molecule has 1 heterocycles. The summed E-state index contributed by atoms with van der Waals surface area (Å²) in [6, 6.07) is 2.83. The Hall–Kier alpha value is -0.300. The predicted molar refractivity (Wildman–Crippen MR) is 104 cm³/mol. The number of halogens is 2. The first-order valence-electron chi connectivity index (χ1n) is 8.28. The molecule has 0 atom stereocenters. The monoisotopic (exact) mass is 436 g/mol. The average Bonchev–Trinajstić information content (AvgIpc) is 2.82. The van der Waals surface area contributed by atoms with E-state index >= 15 is 0 Å². The van der Waals surface area contributed by atoms with E-state index in [1.165, 1.54) is 4.88 Å². The Labute approximate surface area is 162 Å². The van der Waals surface area contributed by atoms with E-state index in [4.69, 9.17) is 16.3 Å². The Bertz CT molecular complexity index is 546. The Morgan fingerprint density at radius 1 is 1.42 bits per heavy atom. The molecule has 0 radical (unpaired) electrons. The molecule has 1 N–H and O–H groups in total. The van der Waals surface area contributed by atoms with Gasteiger partial charge in [-0.3, -0.25) is 0 Å². The Kier molecular flexibility index (Phi) is 7.00. The largest absolute Gasteiger partial charge is 0.444 e. The number of carbonyl (C=O) groups is 1. The number of nitrogens with one attached hydrogen (secondary N) is 1. The molecule has 0 aromatic carbocycles. The first kappa shape index (κ1) is 20.0. The normalized spacial score (nSPS) is 21.6. The zero-order valence-corrected chi connectivity index (χ0v) is 17.9. The number of ether oxygens (including phenoxy) is 1. The zero-order chi connectivity index (χ0) is 17.9. The third-order valence-electron chi connectivity index (χ3n) is 4.19. The lowest BCUT2D eigenvalue weighted by molar-refractivity contribution is 0.0179. The molecule has 7 heteroatoms. The minimum atomic E-state index is -0.444. The van der Waals surface area contributed by atoms with Gasteiger partial charge in [-0.15, -0.1) is 11.3 Å². The van der Waals surface area contributed by atoms with E-state index in [2.05, 4.69) is 27.3 Å². The summed E-state index contributed by atoms with van der Waals surface area (Å²) >= 11 is 11.1. The maximum absolute atomic E-state index is 12.2. The van der Waals surface area contributed by atoms with Gasteiger partial charge in [0.15, 0.2) is 0 Å². The molecule has 2 rings (SSSR count). The fourth-order valence-electron chi connectivity index (χ4n) is 2.87. The highest BCUT2D eigenvalue weighted by Gasteiger charge is 2.29. The van der Waals surface area contributed by atoms with Gasteiger partial charge in [-0.2, -0.15) is 0 Å². The third-order valence-corrected chi connectivity index (χ3v) is 6.66. The Balaban J connectivity index is 1.75. The first-order valence-corrected chi connectivity index (χ1v) is 10.3. The molecule has 1 saturated carbocycles. The van der Waals surface area contributed by atoms with Crippen LogP contribution in [-0.4, -0.2) is 35.7 Å². The molecule has 24 heavy (non-hydrogen) atoms. The maximum atomic E-state index is 12.2. The fourth-order valence-corrected chi connectivity index (χ4v) is 4.62. The standard InChI is InChI=1S/C17H26BrClN2O2S/c1-17(2,3)23-16(22)21(4)12-7-5-11(6-8-12)20-10-13-9-14(18)15(19)24-13/h9,11-12,20H,5-8,10H2,1-4H3. The number of rotatable bonds is 4. The Morgan fingerprint density at radius 2 is 2.04 bits per heavy atom. The van der Waals surface area contributed by atoms with Crippen LogP contribution in [0.15, 0.2) is 10.5 Å². The van der Waals surface area contributed by atoms with Crippen LogP contribution in [0.1, 0.15) is 51.3 Å². The lowest BCUT2D eigenvalue weighted by Crippen LogP contribution is -2.44. The van der Waals surface area contributed by atoms with Gasteiger partial charge in [-0.25, -0.2) is 4.79 Å². The van der Waals surface area contributed by atoms with E-state index in [1.807, 2.05) is 27.8 Å². The van der Waals surface area contributed by atoms with Crippen molar-refractivity contribution < 1.29 is 9.53 Å². The van der Waals surface area contributed by atoms with Gasteiger partial charge in [-0.1, -0.05) is 11.6 Å². The number of thiophene rings is 1. The van der Waals surface area contributed by atoms with Crippen molar-refractivity contribution in [3.05, 3.63) is 19.8 Å². The van der Waals surface area contributed by atoms with Crippen LogP contribution in [-0.2, 0) is 11.3 Å². The molecule has 0 saturated heterocycles. The highest BCUT2D eigenvalue weighted by Crippen LogP contribution is 2.32. The summed E-state index contributed by atoms with van der Waals surface area (Å²) in [5, 5.41) is 3.60. The van der Waals surface area contributed by atoms with Crippen molar-refractivity contribution in [2.75, 3.05) is 7.05 Å². The van der Waals surface area contributed by atoms with Crippen molar-refractivity contribution in [3.63, 3.8) is 0 Å². The van der Waals surface area contributed by atoms with Gasteiger partial charge in [0.05, 0.1) is 0 Å². The number of nitrogens with zero attached hydrogens (tertiary/aromatic N) is 1. The third kappa shape index (κ3) is 5.90. The quantitative estimate of drug-likeness (QED) is 0.682. The molecule has 1 aliphatic rings. The highest BCUT2D eigenvalue weighted by atomic mass is 79.9. The van der Waals surface area contributed by atoms with Crippen LogP contribution in [0.5, 0.6) is 0 Å². The lowest BCUT2D eigenvalue weighted by Gasteiger charge is -2.35. The van der Waals surface area contributed by atoms with Crippen molar-refractivity contribution in [2.24, 2.45) is 0 Å². The average molecular weight is 438 g/mol. The second kappa shape index (κ2) is 8.39. The van der Waals surface area contributed by atoms with E-state index in [9.17, 15) is 4.79 Å². The molecule has 1 aromatic rings. The molecule has 4 nitrogen and oxygen atoms in total. The summed E-state index contributed by atoms with van der Waals surface area (Å²) in [5.41, 5.74) is -0.444. The molecule has 136 valence electrons. The summed E-state index contributed by atoms with van der Waals surface area (Å²) in [5.74, 6) is 0. The smallest absolute Gasteiger partial charge is 0.410 e. The summed E-state index contributed by atoms with van der Waals surface area (Å²) in [6.45, 7) is 6.53. The molecule has 0 aliphatic heterocycles. The van der Waals surface area contributed by atoms with Crippen LogP contribution >= 0.6 is 38.9 Å². The molecule has 0 bridgehead atoms. The highest BCUT2D eigenvalue weighted by molar-refractivity contribution is 9.10. The molecule has 0 spiro atoms. The van der Waals surface area contributed by atoms with Gasteiger partial charge in [0.1, 0.15) is 9.94 Å². The molecule has 1 fully saturated rings. The van der Waals surface area contributed by atoms with E-state index in [0.717, 1.165) is 41.0 Å². The van der Waals surface area contributed by atoms with Crippen molar-refractivity contribution in [3.8, 4) is 0 Å². The first-order chi connectivity index (χ1) is 11.2. The summed E-state index contributed by atoms with van der Waals surface area (Å²) in [4.78, 5) is 15.2. The lowest BCUT2D eigenvalue weighted by atomic mass is 9.90. The van der Waals surface area contributed by atoms with Crippen LogP contribution in [0, 0.1) is 0 Å². The topological polar surface area (TPSA) is 41.6 Å². The summed E-state index contributed by atoms with van der Waals surface area (Å²) in [6.07, 6.45) is 3.91. The van der Waals surface area contributed by atoms with Crippen LogP contribution < -0.4 is 5.32 Å². The SMILES string of the molecule is CN(C(=O)OC(C)(C)C)C1CCC(NCc2cc(Br)c(Cl)s2)CC1. The van der Waals surface area contributed by atoms with Crippen LogP contribution in [0.3, 0.4) is 0 Å². The number of hydrogen-bond acceptors (Lipinski definition) is 4. The summed E-state index contributed by atoms with van der Waals surface area (Å²) in [7, 11) is 1.84. The minimum absolute atomic E-state index is 0.225. The van der Waals surface area contributed by atoms with Gasteiger partial charge in [-0.05, 0) is 68.5 Å². The number of carbonyl (C=O) groups excluding carboxylic acids is 1. The fraction of sp³-hybridized carbons (Fsp3) is 0.706. The second-order valence-corrected chi connectivity index (χ2v) is 9.91. The van der Waals surface area contributed by atoms with E-state index in [1.54, 1.807) is 16.2 Å². The summed E-state index contributed by atoms with van der Waals surface area (Å²) < 4.78 is 7.22. The maximum Gasteiger partial charge on any atom is 0.410 e. The van der Waals surface area contributed by atoms with Gasteiger partial charge < -0.3 is 15.0 Å². The molecular weight excluding hydrogens is 412 g/mol. The van der Waals surface area contributed by atoms with Crippen molar-refractivity contribution in [1.82, 2.24) is 10.2 Å². The van der Waals surface area contributed by atoms with Gasteiger partial charge >= 0.3 is 6.09 Å². The second-order valence-electron chi connectivity index (χ2n) is 7.31. The van der Waals surface area contributed by atoms with Gasteiger partial charge in [0.2, 0.25) is 0 Å². The number of hydrogen-bond donors (Lipinski definition) is 1. The zero-order valence-electron chi connectivity index (χ0n) is 14.7. The minimum Gasteiger partial charge on any atom is -0.444 e. The van der Waals surface area contributed by atoms with Crippen molar-refractivity contribution in [2.45, 2.75) is 70.7 Å². The Morgan fingerprint density at radius 3 is 2.54 bits per heavy atom. The van der Waals surface area contributed by atoms with Crippen LogP contribution in [0.2, 0.25) is 4.34 Å².